The number of carbonyl (C=O) groups excluding carboxylic acids is 3. The highest BCUT2D eigenvalue weighted by Gasteiger charge is 2.35. The van der Waals surface area contributed by atoms with Crippen LogP contribution in [0.5, 0.6) is 17.2 Å². The van der Waals surface area contributed by atoms with Crippen molar-refractivity contribution in [3.8, 4) is 28.4 Å². The molecule has 3 aliphatic rings. The number of rotatable bonds is 3. The Bertz CT molecular complexity index is 1740. The van der Waals surface area contributed by atoms with Crippen molar-refractivity contribution < 1.29 is 33.7 Å². The molecular weight excluding hydrogens is 588 g/mol. The third kappa shape index (κ3) is 6.94. The number of carbonyl (C=O) groups is 3. The molecule has 46 heavy (non-hydrogen) atoms. The van der Waals surface area contributed by atoms with Gasteiger partial charge in [0.1, 0.15) is 29.0 Å². The number of likely N-dealkylation sites (tertiary alicyclic amines) is 1. The molecule has 2 atom stereocenters. The van der Waals surface area contributed by atoms with E-state index < -0.39 is 12.1 Å². The topological polar surface area (TPSA) is 139 Å². The van der Waals surface area contributed by atoms with E-state index in [-0.39, 0.29) is 43.2 Å². The van der Waals surface area contributed by atoms with Gasteiger partial charge < -0.3 is 34.9 Å². The molecule has 6 bridgehead atoms. The Morgan fingerprint density at radius 2 is 1.87 bits per heavy atom. The second-order valence-corrected chi connectivity index (χ2v) is 11.1. The lowest BCUT2D eigenvalue weighted by molar-refractivity contribution is -0.123. The number of piperidine rings is 1. The number of methoxy groups -OCH3 is 1. The van der Waals surface area contributed by atoms with Crippen LogP contribution in [0.2, 0.25) is 0 Å². The van der Waals surface area contributed by atoms with Crippen molar-refractivity contribution in [3.63, 3.8) is 0 Å². The van der Waals surface area contributed by atoms with Crippen molar-refractivity contribution >= 4 is 17.7 Å². The zero-order chi connectivity index (χ0) is 32.0. The van der Waals surface area contributed by atoms with Gasteiger partial charge in [-0.3, -0.25) is 19.4 Å². The minimum atomic E-state index is -0.557. The highest BCUT2D eigenvalue weighted by atomic mass is 16.5. The fourth-order valence-corrected chi connectivity index (χ4v) is 5.59. The van der Waals surface area contributed by atoms with Crippen LogP contribution in [0.4, 0.5) is 0 Å². The molecule has 0 spiro atoms. The molecule has 3 N–H and O–H groups in total. The summed E-state index contributed by atoms with van der Waals surface area (Å²) in [4.78, 5) is 45.6. The van der Waals surface area contributed by atoms with Crippen molar-refractivity contribution in [1.82, 2.24) is 20.5 Å². The average molecular weight is 623 g/mol. The summed E-state index contributed by atoms with van der Waals surface area (Å²) in [5.74, 6) is 0.748. The van der Waals surface area contributed by atoms with Crippen molar-refractivity contribution in [1.29, 1.82) is 0 Å². The minimum Gasteiger partial charge on any atom is -0.496 e. The zero-order valence-electron chi connectivity index (χ0n) is 25.3. The number of amides is 3. The molecule has 4 heterocycles. The van der Waals surface area contributed by atoms with Gasteiger partial charge in [0.15, 0.2) is 6.61 Å². The summed E-state index contributed by atoms with van der Waals surface area (Å²) in [6.07, 6.45) is 1.51. The van der Waals surface area contributed by atoms with Gasteiger partial charge in [0.2, 0.25) is 0 Å². The van der Waals surface area contributed by atoms with Crippen molar-refractivity contribution in [2.75, 3.05) is 26.8 Å². The Kier molecular flexibility index (Phi) is 9.11. The molecule has 1 fully saturated rings. The number of hydrogen-bond acceptors (Lipinski definition) is 8. The summed E-state index contributed by atoms with van der Waals surface area (Å²) < 4.78 is 17.8. The standard InChI is InChI=1S/C35H34N4O7/c1-44-31-10-7-25-17-28(31)24-3-2-4-27(16-24)45-21-33(41)37-18-22-5-8-26(9-6-22)46-32-12-14-39(19-30(32)38-34(25)42)35(43)29-15-23(20-40)11-13-36-29/h2-11,13,15-17,30,32,40H,12,14,18-21H2,1H3,(H,37,41)(H,38,42)/t30-,32-/m1/s1. The molecule has 3 amide bonds. The van der Waals surface area contributed by atoms with Gasteiger partial charge >= 0.3 is 0 Å². The second kappa shape index (κ2) is 13.7. The number of fused-ring (bicyclic) bond motifs is 7. The predicted octanol–water partition coefficient (Wildman–Crippen LogP) is 3.35. The van der Waals surface area contributed by atoms with E-state index >= 15 is 0 Å². The summed E-state index contributed by atoms with van der Waals surface area (Å²) in [6, 6.07) is 22.4. The third-order valence-electron chi connectivity index (χ3n) is 8.06. The third-order valence-corrected chi connectivity index (χ3v) is 8.06. The number of nitrogens with one attached hydrogen (secondary N) is 2. The molecule has 0 unspecified atom stereocenters. The van der Waals surface area contributed by atoms with Gasteiger partial charge in [-0.05, 0) is 71.3 Å². The Hall–Kier alpha value is -5.42. The summed E-state index contributed by atoms with van der Waals surface area (Å²) in [7, 11) is 1.56. The summed E-state index contributed by atoms with van der Waals surface area (Å²) >= 11 is 0. The van der Waals surface area contributed by atoms with Crippen LogP contribution in [0, 0.1) is 0 Å². The van der Waals surface area contributed by atoms with Gasteiger partial charge in [0.25, 0.3) is 17.7 Å². The van der Waals surface area contributed by atoms with E-state index in [2.05, 4.69) is 15.6 Å². The summed E-state index contributed by atoms with van der Waals surface area (Å²) in [5.41, 5.74) is 3.49. The molecule has 3 aliphatic heterocycles. The van der Waals surface area contributed by atoms with E-state index in [4.69, 9.17) is 14.2 Å². The van der Waals surface area contributed by atoms with Gasteiger partial charge in [-0.15, -0.1) is 0 Å². The number of aliphatic hydroxyl groups excluding tert-OH is 1. The first-order valence-electron chi connectivity index (χ1n) is 15.0. The van der Waals surface area contributed by atoms with Gasteiger partial charge in [-0.2, -0.15) is 0 Å². The second-order valence-electron chi connectivity index (χ2n) is 11.1. The number of pyridine rings is 1. The van der Waals surface area contributed by atoms with Crippen molar-refractivity contribution in [3.05, 3.63) is 107 Å². The molecule has 0 radical (unpaired) electrons. The maximum atomic E-state index is 13.8. The maximum absolute atomic E-state index is 13.8. The normalized spacial score (nSPS) is 18.3. The lowest BCUT2D eigenvalue weighted by Gasteiger charge is -2.38. The van der Waals surface area contributed by atoms with Crippen molar-refractivity contribution in [2.45, 2.75) is 31.7 Å². The molecule has 3 aromatic carbocycles. The largest absolute Gasteiger partial charge is 0.496 e. The Morgan fingerprint density at radius 1 is 1.02 bits per heavy atom. The zero-order valence-corrected chi connectivity index (χ0v) is 25.3. The molecule has 236 valence electrons. The molecule has 4 aromatic rings. The lowest BCUT2D eigenvalue weighted by atomic mass is 9.99. The van der Waals surface area contributed by atoms with Gasteiger partial charge in [-0.1, -0.05) is 24.3 Å². The predicted molar refractivity (Wildman–Crippen MR) is 169 cm³/mol. The molecule has 7 rings (SSSR count). The molecular formula is C35H34N4O7. The fraction of sp³-hybridized carbons (Fsp3) is 0.257. The van der Waals surface area contributed by atoms with Crippen LogP contribution in [-0.4, -0.2) is 71.7 Å². The van der Waals surface area contributed by atoms with Crippen LogP contribution >= 0.6 is 0 Å². The van der Waals surface area contributed by atoms with E-state index in [9.17, 15) is 19.5 Å². The molecule has 11 nitrogen and oxygen atoms in total. The van der Waals surface area contributed by atoms with E-state index in [1.165, 1.54) is 6.20 Å². The average Bonchev–Trinajstić information content (AvgIpc) is 3.10. The molecule has 0 saturated carbocycles. The van der Waals surface area contributed by atoms with Crippen LogP contribution < -0.4 is 24.8 Å². The Morgan fingerprint density at radius 3 is 2.67 bits per heavy atom. The van der Waals surface area contributed by atoms with Crippen LogP contribution in [0.1, 0.15) is 38.4 Å². The number of nitrogens with zero attached hydrogens (tertiary/aromatic N) is 2. The van der Waals surface area contributed by atoms with Gasteiger partial charge in [-0.25, -0.2) is 0 Å². The van der Waals surface area contributed by atoms with E-state index in [0.29, 0.717) is 53.4 Å². The SMILES string of the molecule is COc1ccc2cc1-c1cccc(c1)OCC(=O)NCc1ccc(cc1)O[C@@H]1CCN(C(=O)c3cc(CO)ccn3)C[C@H]1NC2=O. The highest BCUT2D eigenvalue weighted by molar-refractivity contribution is 5.97. The minimum absolute atomic E-state index is 0.157. The first-order chi connectivity index (χ1) is 22.4. The van der Waals surface area contributed by atoms with Crippen LogP contribution in [0.3, 0.4) is 0 Å². The molecule has 1 saturated heterocycles. The number of aliphatic hydroxyl groups is 1. The molecule has 1 aromatic heterocycles. The summed E-state index contributed by atoms with van der Waals surface area (Å²) in [5, 5.41) is 15.5. The number of aromatic nitrogens is 1. The van der Waals surface area contributed by atoms with Gasteiger partial charge in [0.05, 0.1) is 19.8 Å². The van der Waals surface area contributed by atoms with Crippen LogP contribution in [-0.2, 0) is 17.9 Å². The smallest absolute Gasteiger partial charge is 0.272 e. The van der Waals surface area contributed by atoms with Crippen molar-refractivity contribution in [2.24, 2.45) is 0 Å². The number of benzene rings is 3. The van der Waals surface area contributed by atoms with Crippen LogP contribution in [0.15, 0.2) is 85.1 Å². The highest BCUT2D eigenvalue weighted by Crippen LogP contribution is 2.33. The van der Waals surface area contributed by atoms with Crippen LogP contribution in [0.25, 0.3) is 11.1 Å². The molecule has 11 heteroatoms. The fourth-order valence-electron chi connectivity index (χ4n) is 5.59. The lowest BCUT2D eigenvalue weighted by Crippen LogP contribution is -2.58. The first-order valence-corrected chi connectivity index (χ1v) is 15.0. The first kappa shape index (κ1) is 30.6. The Balaban J connectivity index is 1.33. The number of ether oxygens (including phenoxy) is 3. The quantitative estimate of drug-likeness (QED) is 0.316. The Labute approximate surface area is 266 Å². The van der Waals surface area contributed by atoms with E-state index in [1.54, 1.807) is 54.5 Å². The number of hydrogen-bond donors (Lipinski definition) is 3. The molecule has 0 aliphatic carbocycles. The monoisotopic (exact) mass is 622 g/mol. The van der Waals surface area contributed by atoms with Gasteiger partial charge in [0, 0.05) is 43.4 Å². The van der Waals surface area contributed by atoms with E-state index in [1.807, 2.05) is 36.4 Å². The maximum Gasteiger partial charge on any atom is 0.272 e. The summed E-state index contributed by atoms with van der Waals surface area (Å²) in [6.45, 7) is 0.527. The van der Waals surface area contributed by atoms with E-state index in [0.717, 1.165) is 11.1 Å².